The fraction of sp³-hybridized carbons (Fsp3) is 0.435. The third-order valence-electron chi connectivity index (χ3n) is 4.27. The number of nitrogens with one attached hydrogen (secondary N) is 2. The van der Waals surface area contributed by atoms with E-state index in [0.29, 0.717) is 18.0 Å². The molecule has 7 heteroatoms. The van der Waals surface area contributed by atoms with E-state index in [1.807, 2.05) is 45.0 Å². The zero-order valence-corrected chi connectivity index (χ0v) is 19.9. The predicted octanol–water partition coefficient (Wildman–Crippen LogP) is 4.09. The molecule has 0 aliphatic rings. The highest BCUT2D eigenvalue weighted by molar-refractivity contribution is 9.10. The molecule has 0 spiro atoms. The number of hydrogen-bond acceptors (Lipinski definition) is 5. The molecule has 0 unspecified atom stereocenters. The Kier molecular flexibility index (Phi) is 8.99. The van der Waals surface area contributed by atoms with Crippen molar-refractivity contribution in [2.45, 2.75) is 39.3 Å². The SMILES string of the molecule is COc1ccc(CCNCc2cc(OC)c(OCC(=O)NC(C)(C)C)cc2Br)cc1. The van der Waals surface area contributed by atoms with Gasteiger partial charge >= 0.3 is 0 Å². The molecule has 6 nitrogen and oxygen atoms in total. The van der Waals surface area contributed by atoms with E-state index in [2.05, 4.69) is 38.7 Å². The van der Waals surface area contributed by atoms with Crippen molar-refractivity contribution in [3.8, 4) is 17.2 Å². The van der Waals surface area contributed by atoms with Gasteiger partial charge in [0, 0.05) is 16.6 Å². The Morgan fingerprint density at radius 3 is 2.33 bits per heavy atom. The van der Waals surface area contributed by atoms with E-state index in [1.165, 1.54) is 5.56 Å². The lowest BCUT2D eigenvalue weighted by molar-refractivity contribution is -0.124. The molecule has 164 valence electrons. The summed E-state index contributed by atoms with van der Waals surface area (Å²) in [5.41, 5.74) is 2.00. The van der Waals surface area contributed by atoms with Crippen molar-refractivity contribution in [1.82, 2.24) is 10.6 Å². The van der Waals surface area contributed by atoms with Crippen molar-refractivity contribution >= 4 is 21.8 Å². The van der Waals surface area contributed by atoms with Gasteiger partial charge in [0.05, 0.1) is 14.2 Å². The molecule has 30 heavy (non-hydrogen) atoms. The number of halogens is 1. The Morgan fingerprint density at radius 2 is 1.73 bits per heavy atom. The van der Waals surface area contributed by atoms with E-state index in [0.717, 1.165) is 28.8 Å². The Balaban J connectivity index is 1.90. The van der Waals surface area contributed by atoms with E-state index in [1.54, 1.807) is 14.2 Å². The largest absolute Gasteiger partial charge is 0.497 e. The number of ether oxygens (including phenoxy) is 3. The molecule has 0 bridgehead atoms. The van der Waals surface area contributed by atoms with Crippen LogP contribution in [0.1, 0.15) is 31.9 Å². The van der Waals surface area contributed by atoms with Gasteiger partial charge in [-0.15, -0.1) is 0 Å². The molecular weight excluding hydrogens is 448 g/mol. The zero-order valence-electron chi connectivity index (χ0n) is 18.3. The summed E-state index contributed by atoms with van der Waals surface area (Å²) in [5.74, 6) is 1.80. The molecular formula is C23H31BrN2O4. The van der Waals surface area contributed by atoms with Gasteiger partial charge in [-0.2, -0.15) is 0 Å². The van der Waals surface area contributed by atoms with Crippen LogP contribution in [0.25, 0.3) is 0 Å². The van der Waals surface area contributed by atoms with Crippen LogP contribution in [0.15, 0.2) is 40.9 Å². The highest BCUT2D eigenvalue weighted by Crippen LogP contribution is 2.33. The van der Waals surface area contributed by atoms with Gasteiger partial charge < -0.3 is 24.8 Å². The van der Waals surface area contributed by atoms with E-state index in [-0.39, 0.29) is 18.1 Å². The minimum Gasteiger partial charge on any atom is -0.497 e. The van der Waals surface area contributed by atoms with Crippen molar-refractivity contribution in [3.63, 3.8) is 0 Å². The summed E-state index contributed by atoms with van der Waals surface area (Å²) in [6.07, 6.45) is 0.919. The molecule has 0 atom stereocenters. The molecule has 0 heterocycles. The van der Waals surface area contributed by atoms with E-state index in [4.69, 9.17) is 14.2 Å². The molecule has 0 radical (unpaired) electrons. The summed E-state index contributed by atoms with van der Waals surface area (Å²) in [5, 5.41) is 6.32. The van der Waals surface area contributed by atoms with Gasteiger partial charge in [0.25, 0.3) is 5.91 Å². The second-order valence-electron chi connectivity index (χ2n) is 7.96. The molecule has 0 saturated carbocycles. The van der Waals surface area contributed by atoms with Crippen LogP contribution < -0.4 is 24.8 Å². The Hall–Kier alpha value is -2.25. The maximum absolute atomic E-state index is 12.0. The number of methoxy groups -OCH3 is 2. The third-order valence-corrected chi connectivity index (χ3v) is 5.01. The van der Waals surface area contributed by atoms with Crippen molar-refractivity contribution in [1.29, 1.82) is 0 Å². The maximum Gasteiger partial charge on any atom is 0.258 e. The van der Waals surface area contributed by atoms with Crippen LogP contribution in [0.2, 0.25) is 0 Å². The van der Waals surface area contributed by atoms with Gasteiger partial charge in [-0.05, 0) is 69.1 Å². The smallest absolute Gasteiger partial charge is 0.258 e. The highest BCUT2D eigenvalue weighted by atomic mass is 79.9. The summed E-state index contributed by atoms with van der Waals surface area (Å²) < 4.78 is 17.2. The van der Waals surface area contributed by atoms with Crippen LogP contribution >= 0.6 is 15.9 Å². The molecule has 0 aliphatic carbocycles. The quantitative estimate of drug-likeness (QED) is 0.503. The summed E-state index contributed by atoms with van der Waals surface area (Å²) >= 11 is 3.59. The molecule has 2 aromatic carbocycles. The highest BCUT2D eigenvalue weighted by Gasteiger charge is 2.16. The van der Waals surface area contributed by atoms with Crippen LogP contribution in [-0.2, 0) is 17.8 Å². The number of carbonyl (C=O) groups is 1. The first-order chi connectivity index (χ1) is 14.2. The summed E-state index contributed by atoms with van der Waals surface area (Å²) in [4.78, 5) is 12.0. The van der Waals surface area contributed by atoms with Crippen molar-refractivity contribution < 1.29 is 19.0 Å². The van der Waals surface area contributed by atoms with Crippen LogP contribution in [0, 0.1) is 0 Å². The van der Waals surface area contributed by atoms with Crippen LogP contribution in [0.4, 0.5) is 0 Å². The zero-order chi connectivity index (χ0) is 22.1. The topological polar surface area (TPSA) is 68.8 Å². The minimum atomic E-state index is -0.299. The second kappa shape index (κ2) is 11.2. The summed E-state index contributed by atoms with van der Waals surface area (Å²) in [7, 11) is 3.26. The fourth-order valence-electron chi connectivity index (χ4n) is 2.83. The second-order valence-corrected chi connectivity index (χ2v) is 8.81. The van der Waals surface area contributed by atoms with E-state index >= 15 is 0 Å². The van der Waals surface area contributed by atoms with Gasteiger partial charge in [-0.3, -0.25) is 4.79 Å². The molecule has 2 aromatic rings. The number of carbonyl (C=O) groups excluding carboxylic acids is 1. The van der Waals surface area contributed by atoms with Gasteiger partial charge in [0.1, 0.15) is 5.75 Å². The number of amides is 1. The fourth-order valence-corrected chi connectivity index (χ4v) is 3.29. The van der Waals surface area contributed by atoms with Crippen LogP contribution in [0.5, 0.6) is 17.2 Å². The molecule has 0 aliphatic heterocycles. The number of benzene rings is 2. The molecule has 0 fully saturated rings. The summed E-state index contributed by atoms with van der Waals surface area (Å²) in [6.45, 7) is 7.24. The first kappa shape index (κ1) is 24.0. The van der Waals surface area contributed by atoms with Crippen molar-refractivity contribution in [3.05, 3.63) is 52.0 Å². The average molecular weight is 479 g/mol. The molecule has 0 saturated heterocycles. The van der Waals surface area contributed by atoms with Gasteiger partial charge in [0.15, 0.2) is 18.1 Å². The number of hydrogen-bond donors (Lipinski definition) is 2. The normalized spacial score (nSPS) is 11.1. The van der Waals surface area contributed by atoms with E-state index in [9.17, 15) is 4.79 Å². The first-order valence-corrected chi connectivity index (χ1v) is 10.6. The molecule has 1 amide bonds. The predicted molar refractivity (Wildman–Crippen MR) is 122 cm³/mol. The Labute approximate surface area is 187 Å². The van der Waals surface area contributed by atoms with Crippen molar-refractivity contribution in [2.75, 3.05) is 27.4 Å². The molecule has 2 N–H and O–H groups in total. The average Bonchev–Trinajstić information content (AvgIpc) is 2.69. The Morgan fingerprint density at radius 1 is 1.03 bits per heavy atom. The Bertz CT molecular complexity index is 832. The molecule has 0 aromatic heterocycles. The standard InChI is InChI=1S/C23H31BrN2O4/c1-23(2,3)26-22(27)15-30-21-13-19(24)17(12-20(21)29-5)14-25-11-10-16-6-8-18(28-4)9-7-16/h6-9,12-13,25H,10-11,14-15H2,1-5H3,(H,26,27). The lowest BCUT2D eigenvalue weighted by Crippen LogP contribution is -2.43. The molecule has 2 rings (SSSR count). The van der Waals surface area contributed by atoms with Gasteiger partial charge in [0.2, 0.25) is 0 Å². The van der Waals surface area contributed by atoms with Crippen LogP contribution in [-0.4, -0.2) is 38.8 Å². The van der Waals surface area contributed by atoms with Crippen LogP contribution in [0.3, 0.4) is 0 Å². The first-order valence-electron chi connectivity index (χ1n) is 9.85. The lowest BCUT2D eigenvalue weighted by atomic mass is 10.1. The third kappa shape index (κ3) is 7.88. The van der Waals surface area contributed by atoms with Gasteiger partial charge in [-0.25, -0.2) is 0 Å². The monoisotopic (exact) mass is 478 g/mol. The van der Waals surface area contributed by atoms with Crippen molar-refractivity contribution in [2.24, 2.45) is 0 Å². The number of rotatable bonds is 10. The maximum atomic E-state index is 12.0. The van der Waals surface area contributed by atoms with Gasteiger partial charge in [-0.1, -0.05) is 28.1 Å². The summed E-state index contributed by atoms with van der Waals surface area (Å²) in [6, 6.07) is 11.8. The van der Waals surface area contributed by atoms with E-state index < -0.39 is 0 Å². The minimum absolute atomic E-state index is 0.0699. The lowest BCUT2D eigenvalue weighted by Gasteiger charge is -2.21.